The van der Waals surface area contributed by atoms with Crippen molar-refractivity contribution in [3.05, 3.63) is 56.4 Å². The van der Waals surface area contributed by atoms with Crippen LogP contribution >= 0.6 is 0 Å². The van der Waals surface area contributed by atoms with Crippen molar-refractivity contribution < 1.29 is 0 Å². The Hall–Kier alpha value is -2.28. The second-order valence-electron chi connectivity index (χ2n) is 4.57. The number of rotatable bonds is 4. The van der Waals surface area contributed by atoms with Crippen LogP contribution in [0.4, 0.5) is 0 Å². The first kappa shape index (κ1) is 14.1. The lowest BCUT2D eigenvalue weighted by molar-refractivity contribution is 0.595. The Morgan fingerprint density at radius 2 is 1.95 bits per heavy atom. The molecule has 2 rings (SSSR count). The van der Waals surface area contributed by atoms with Gasteiger partial charge in [-0.1, -0.05) is 0 Å². The third-order valence-corrected chi connectivity index (χ3v) is 3.07. The summed E-state index contributed by atoms with van der Waals surface area (Å²) >= 11 is 0. The highest BCUT2D eigenvalue weighted by molar-refractivity contribution is 5.04. The summed E-state index contributed by atoms with van der Waals surface area (Å²) in [4.78, 5) is 31.7. The maximum Gasteiger partial charge on any atom is 0.330 e. The van der Waals surface area contributed by atoms with Gasteiger partial charge in [0.1, 0.15) is 5.82 Å². The van der Waals surface area contributed by atoms with Gasteiger partial charge in [0.15, 0.2) is 0 Å². The fourth-order valence-electron chi connectivity index (χ4n) is 1.87. The van der Waals surface area contributed by atoms with Crippen LogP contribution in [0.2, 0.25) is 0 Å². The van der Waals surface area contributed by atoms with Crippen molar-refractivity contribution in [1.29, 1.82) is 0 Å². The minimum absolute atomic E-state index is 0.303. The predicted molar refractivity (Wildman–Crippen MR) is 74.2 cm³/mol. The van der Waals surface area contributed by atoms with Crippen LogP contribution in [0.5, 0.6) is 0 Å². The molecule has 2 aromatic heterocycles. The Balaban J connectivity index is 2.09. The molecule has 106 valence electrons. The molecule has 2 aromatic rings. The molecule has 0 atom stereocenters. The highest BCUT2D eigenvalue weighted by Gasteiger charge is 2.05. The van der Waals surface area contributed by atoms with E-state index in [1.165, 1.54) is 17.7 Å². The summed E-state index contributed by atoms with van der Waals surface area (Å²) in [6.45, 7) is 2.80. The molecule has 0 amide bonds. The summed E-state index contributed by atoms with van der Waals surface area (Å²) < 4.78 is 2.54. The largest absolute Gasteiger partial charge is 0.330 e. The molecule has 0 radical (unpaired) electrons. The van der Waals surface area contributed by atoms with E-state index in [2.05, 4.69) is 15.3 Å². The lowest BCUT2D eigenvalue weighted by Gasteiger charge is -2.10. The van der Waals surface area contributed by atoms with Gasteiger partial charge in [-0.2, -0.15) is 0 Å². The minimum atomic E-state index is -0.327. The molecule has 0 saturated carbocycles. The Labute approximate surface area is 115 Å². The van der Waals surface area contributed by atoms with Crippen molar-refractivity contribution >= 4 is 0 Å². The summed E-state index contributed by atoms with van der Waals surface area (Å²) in [5.74, 6) is 0.713. The van der Waals surface area contributed by atoms with Crippen molar-refractivity contribution in [2.24, 2.45) is 14.1 Å². The number of hydrogen-bond acceptors (Lipinski definition) is 5. The Kier molecular flexibility index (Phi) is 4.09. The smallest absolute Gasteiger partial charge is 0.306 e. The van der Waals surface area contributed by atoms with Crippen molar-refractivity contribution in [1.82, 2.24) is 24.4 Å². The minimum Gasteiger partial charge on any atom is -0.306 e. The quantitative estimate of drug-likeness (QED) is 0.811. The van der Waals surface area contributed by atoms with Gasteiger partial charge in [0.05, 0.1) is 5.69 Å². The van der Waals surface area contributed by atoms with E-state index in [0.29, 0.717) is 24.6 Å². The van der Waals surface area contributed by atoms with E-state index in [9.17, 15) is 9.59 Å². The maximum atomic E-state index is 11.8. The first-order chi connectivity index (χ1) is 9.49. The SMILES string of the molecule is Cc1nccc(CNCc2cc(=O)n(C)c(=O)n2C)n1. The van der Waals surface area contributed by atoms with Gasteiger partial charge < -0.3 is 5.32 Å². The molecule has 7 nitrogen and oxygen atoms in total. The van der Waals surface area contributed by atoms with Crippen LogP contribution in [0.15, 0.2) is 27.9 Å². The van der Waals surface area contributed by atoms with E-state index >= 15 is 0 Å². The highest BCUT2D eigenvalue weighted by Crippen LogP contribution is 1.96. The first-order valence-electron chi connectivity index (χ1n) is 6.24. The molecule has 0 saturated heterocycles. The van der Waals surface area contributed by atoms with Gasteiger partial charge in [-0.15, -0.1) is 0 Å². The second kappa shape index (κ2) is 5.79. The van der Waals surface area contributed by atoms with Gasteiger partial charge in [0.25, 0.3) is 5.56 Å². The van der Waals surface area contributed by atoms with Gasteiger partial charge in [-0.25, -0.2) is 14.8 Å². The molecule has 0 aliphatic heterocycles. The number of hydrogen-bond donors (Lipinski definition) is 1. The summed E-state index contributed by atoms with van der Waals surface area (Å²) in [7, 11) is 3.11. The molecule has 2 heterocycles. The summed E-state index contributed by atoms with van der Waals surface area (Å²) in [6.07, 6.45) is 1.70. The zero-order valence-corrected chi connectivity index (χ0v) is 11.8. The molecule has 20 heavy (non-hydrogen) atoms. The molecule has 0 aliphatic rings. The fourth-order valence-corrected chi connectivity index (χ4v) is 1.87. The summed E-state index contributed by atoms with van der Waals surface area (Å²) in [5, 5.41) is 3.16. The molecular formula is C13H17N5O2. The average Bonchev–Trinajstić information content (AvgIpc) is 2.42. The molecule has 0 aromatic carbocycles. The van der Waals surface area contributed by atoms with Crippen LogP contribution in [-0.2, 0) is 27.2 Å². The van der Waals surface area contributed by atoms with Crippen LogP contribution in [0.3, 0.4) is 0 Å². The summed E-state index contributed by atoms with van der Waals surface area (Å²) in [6, 6.07) is 3.28. The zero-order chi connectivity index (χ0) is 14.7. The molecule has 0 unspecified atom stereocenters. The number of aromatic nitrogens is 4. The van der Waals surface area contributed by atoms with Crippen LogP contribution in [0.25, 0.3) is 0 Å². The highest BCUT2D eigenvalue weighted by atomic mass is 16.2. The van der Waals surface area contributed by atoms with Crippen LogP contribution < -0.4 is 16.6 Å². The number of aryl methyl sites for hydroxylation is 1. The molecule has 1 N–H and O–H groups in total. The molecule has 0 bridgehead atoms. The normalized spacial score (nSPS) is 10.8. The van der Waals surface area contributed by atoms with Gasteiger partial charge >= 0.3 is 5.69 Å². The lowest BCUT2D eigenvalue weighted by Crippen LogP contribution is -2.39. The fraction of sp³-hybridized carbons (Fsp3) is 0.385. The van der Waals surface area contributed by atoms with E-state index in [1.807, 2.05) is 13.0 Å². The van der Waals surface area contributed by atoms with E-state index in [-0.39, 0.29) is 11.2 Å². The van der Waals surface area contributed by atoms with Gasteiger partial charge in [-0.3, -0.25) is 13.9 Å². The average molecular weight is 275 g/mol. The van der Waals surface area contributed by atoms with Gasteiger partial charge in [-0.05, 0) is 13.0 Å². The van der Waals surface area contributed by atoms with Gasteiger partial charge in [0, 0.05) is 45.1 Å². The second-order valence-corrected chi connectivity index (χ2v) is 4.57. The number of nitrogens with one attached hydrogen (secondary N) is 1. The number of nitrogens with zero attached hydrogens (tertiary/aromatic N) is 4. The summed E-state index contributed by atoms with van der Waals surface area (Å²) in [5.41, 5.74) is 0.880. The van der Waals surface area contributed by atoms with E-state index < -0.39 is 0 Å². The third-order valence-electron chi connectivity index (χ3n) is 3.07. The topological polar surface area (TPSA) is 81.8 Å². The third kappa shape index (κ3) is 3.00. The van der Waals surface area contributed by atoms with E-state index in [0.717, 1.165) is 10.3 Å². The monoisotopic (exact) mass is 275 g/mol. The van der Waals surface area contributed by atoms with Crippen LogP contribution in [0, 0.1) is 6.92 Å². The van der Waals surface area contributed by atoms with E-state index in [4.69, 9.17) is 0 Å². The maximum absolute atomic E-state index is 11.8. The Bertz CT molecular complexity index is 732. The van der Waals surface area contributed by atoms with Crippen LogP contribution in [-0.4, -0.2) is 19.1 Å². The first-order valence-corrected chi connectivity index (χ1v) is 6.24. The van der Waals surface area contributed by atoms with Crippen molar-refractivity contribution in [2.45, 2.75) is 20.0 Å². The molecule has 0 aliphatic carbocycles. The van der Waals surface area contributed by atoms with Crippen LogP contribution in [0.1, 0.15) is 17.2 Å². The van der Waals surface area contributed by atoms with Crippen molar-refractivity contribution in [3.63, 3.8) is 0 Å². The molecule has 0 fully saturated rings. The Morgan fingerprint density at radius 3 is 2.65 bits per heavy atom. The lowest BCUT2D eigenvalue weighted by atomic mass is 10.3. The van der Waals surface area contributed by atoms with E-state index in [1.54, 1.807) is 13.2 Å². The standard InChI is InChI=1S/C13H17N5O2/c1-9-15-5-4-10(16-9)7-14-8-11-6-12(19)18(3)13(20)17(11)2/h4-6,14H,7-8H2,1-3H3. The zero-order valence-electron chi connectivity index (χ0n) is 11.8. The van der Waals surface area contributed by atoms with Crippen molar-refractivity contribution in [2.75, 3.05) is 0 Å². The molecule has 0 spiro atoms. The van der Waals surface area contributed by atoms with Crippen molar-refractivity contribution in [3.8, 4) is 0 Å². The Morgan fingerprint density at radius 1 is 1.20 bits per heavy atom. The molecular weight excluding hydrogens is 258 g/mol. The molecule has 7 heteroatoms. The van der Waals surface area contributed by atoms with Gasteiger partial charge in [0.2, 0.25) is 0 Å². The predicted octanol–water partition coefficient (Wildman–Crippen LogP) is -0.528.